The van der Waals surface area contributed by atoms with E-state index in [-0.39, 0.29) is 11.1 Å². The van der Waals surface area contributed by atoms with Gasteiger partial charge in [-0.05, 0) is 56.0 Å². The van der Waals surface area contributed by atoms with Gasteiger partial charge < -0.3 is 8.85 Å². The molecule has 0 aromatic carbocycles. The van der Waals surface area contributed by atoms with Crippen LogP contribution in [0, 0.1) is 17.8 Å². The molecule has 0 N–H and O–H groups in total. The minimum Gasteiger partial charge on any atom is -0.417 e. The molecule has 0 unspecified atom stereocenters. The smallest absolute Gasteiger partial charge is 0.192 e. The molecule has 134 valence electrons. The SMILES string of the molecule is CC(C)(C)[Si](C)(C)O[C@@H]1C[C@@H]2CC(=O)C[C@@H]2[C@H]1CO[Si](C)(C)C. The topological polar surface area (TPSA) is 35.5 Å². The average molecular weight is 357 g/mol. The van der Waals surface area contributed by atoms with E-state index in [0.717, 1.165) is 25.9 Å². The van der Waals surface area contributed by atoms with E-state index in [1.165, 1.54) is 0 Å². The normalized spacial score (nSPS) is 32.4. The van der Waals surface area contributed by atoms with Crippen LogP contribution in [0.2, 0.25) is 37.8 Å². The highest BCUT2D eigenvalue weighted by molar-refractivity contribution is 6.74. The van der Waals surface area contributed by atoms with Crippen LogP contribution in [0.5, 0.6) is 0 Å². The molecule has 0 aliphatic heterocycles. The Morgan fingerprint density at radius 1 is 1.09 bits per heavy atom. The molecule has 2 aliphatic carbocycles. The van der Waals surface area contributed by atoms with Gasteiger partial charge in [0.1, 0.15) is 5.78 Å². The van der Waals surface area contributed by atoms with Crippen LogP contribution in [-0.4, -0.2) is 35.1 Å². The minimum atomic E-state index is -1.78. The van der Waals surface area contributed by atoms with Crippen molar-refractivity contribution in [2.75, 3.05) is 6.61 Å². The minimum absolute atomic E-state index is 0.227. The first kappa shape index (κ1) is 19.3. The van der Waals surface area contributed by atoms with Crippen molar-refractivity contribution in [2.24, 2.45) is 17.8 Å². The number of carbonyl (C=O) groups is 1. The van der Waals surface area contributed by atoms with Gasteiger partial charge in [-0.3, -0.25) is 4.79 Å². The second-order valence-corrected chi connectivity index (χ2v) is 19.4. The van der Waals surface area contributed by atoms with Gasteiger partial charge >= 0.3 is 0 Å². The number of hydrogen-bond donors (Lipinski definition) is 0. The molecule has 3 nitrogen and oxygen atoms in total. The summed E-state index contributed by atoms with van der Waals surface area (Å²) in [4.78, 5) is 11.9. The predicted octanol–water partition coefficient (Wildman–Crippen LogP) is 4.84. The van der Waals surface area contributed by atoms with E-state index in [4.69, 9.17) is 8.85 Å². The number of fused-ring (bicyclic) bond motifs is 1. The van der Waals surface area contributed by atoms with Crippen LogP contribution in [0.15, 0.2) is 0 Å². The van der Waals surface area contributed by atoms with E-state index in [2.05, 4.69) is 53.5 Å². The molecule has 2 aliphatic rings. The molecule has 5 heteroatoms. The van der Waals surface area contributed by atoms with E-state index >= 15 is 0 Å². The van der Waals surface area contributed by atoms with Gasteiger partial charge in [-0.2, -0.15) is 0 Å². The number of carbonyl (C=O) groups excluding carboxylic acids is 1. The van der Waals surface area contributed by atoms with Crippen LogP contribution in [0.25, 0.3) is 0 Å². The lowest BCUT2D eigenvalue weighted by atomic mass is 9.92. The molecule has 0 heterocycles. The van der Waals surface area contributed by atoms with Crippen LogP contribution >= 0.6 is 0 Å². The molecule has 4 atom stereocenters. The highest BCUT2D eigenvalue weighted by Gasteiger charge is 2.51. The first-order valence-corrected chi connectivity index (χ1v) is 15.5. The van der Waals surface area contributed by atoms with Gasteiger partial charge in [0, 0.05) is 25.4 Å². The molecular formula is C18H36O3Si2. The van der Waals surface area contributed by atoms with Gasteiger partial charge in [0.2, 0.25) is 0 Å². The van der Waals surface area contributed by atoms with Crippen molar-refractivity contribution in [1.82, 2.24) is 0 Å². The summed E-state index contributed by atoms with van der Waals surface area (Å²) in [6, 6.07) is 0. The Morgan fingerprint density at radius 2 is 1.70 bits per heavy atom. The molecule has 0 spiro atoms. The fraction of sp³-hybridized carbons (Fsp3) is 0.944. The third-order valence-corrected chi connectivity index (χ3v) is 11.6. The molecular weight excluding hydrogens is 320 g/mol. The largest absolute Gasteiger partial charge is 0.417 e. The zero-order valence-electron chi connectivity index (χ0n) is 16.4. The predicted molar refractivity (Wildman–Crippen MR) is 101 cm³/mol. The van der Waals surface area contributed by atoms with Gasteiger partial charge in [0.15, 0.2) is 16.6 Å². The molecule has 0 aromatic rings. The Hall–Kier alpha value is 0.0238. The van der Waals surface area contributed by atoms with Crippen molar-refractivity contribution in [2.45, 2.75) is 83.9 Å². The van der Waals surface area contributed by atoms with Crippen molar-refractivity contribution in [3.63, 3.8) is 0 Å². The molecule has 2 fully saturated rings. The van der Waals surface area contributed by atoms with Gasteiger partial charge in [0.05, 0.1) is 6.10 Å². The van der Waals surface area contributed by atoms with Crippen LogP contribution < -0.4 is 0 Å². The zero-order chi connectivity index (χ0) is 17.6. The average Bonchev–Trinajstić information content (AvgIpc) is 2.79. The van der Waals surface area contributed by atoms with Crippen LogP contribution in [0.1, 0.15) is 40.0 Å². The number of rotatable bonds is 5. The Kier molecular flexibility index (Phi) is 5.38. The fourth-order valence-electron chi connectivity index (χ4n) is 3.73. The number of hydrogen-bond acceptors (Lipinski definition) is 3. The first-order chi connectivity index (χ1) is 10.3. The Labute approximate surface area is 144 Å². The Bertz CT molecular complexity index is 448. The molecule has 0 aromatic heterocycles. The molecule has 23 heavy (non-hydrogen) atoms. The highest BCUT2D eigenvalue weighted by atomic mass is 28.4. The van der Waals surface area contributed by atoms with Gasteiger partial charge in [-0.1, -0.05) is 20.8 Å². The summed E-state index contributed by atoms with van der Waals surface area (Å²) in [5.74, 6) is 1.89. The molecule has 0 radical (unpaired) electrons. The van der Waals surface area contributed by atoms with Crippen molar-refractivity contribution in [3.8, 4) is 0 Å². The summed E-state index contributed by atoms with van der Waals surface area (Å²) in [6.45, 7) is 19.1. The number of ketones is 1. The van der Waals surface area contributed by atoms with Gasteiger partial charge in [-0.15, -0.1) is 0 Å². The van der Waals surface area contributed by atoms with Crippen molar-refractivity contribution < 1.29 is 13.6 Å². The maximum absolute atomic E-state index is 11.9. The molecule has 0 saturated heterocycles. The molecule has 0 amide bonds. The maximum Gasteiger partial charge on any atom is 0.192 e. The van der Waals surface area contributed by atoms with Crippen LogP contribution in [0.3, 0.4) is 0 Å². The van der Waals surface area contributed by atoms with E-state index in [1.54, 1.807) is 0 Å². The van der Waals surface area contributed by atoms with Gasteiger partial charge in [-0.25, -0.2) is 0 Å². The molecule has 2 saturated carbocycles. The summed E-state index contributed by atoms with van der Waals surface area (Å²) >= 11 is 0. The zero-order valence-corrected chi connectivity index (χ0v) is 18.4. The lowest BCUT2D eigenvalue weighted by Crippen LogP contribution is -2.46. The van der Waals surface area contributed by atoms with E-state index in [9.17, 15) is 4.79 Å². The Balaban J connectivity index is 2.12. The molecule has 0 bridgehead atoms. The lowest BCUT2D eigenvalue weighted by molar-refractivity contribution is -0.118. The Morgan fingerprint density at radius 3 is 2.22 bits per heavy atom. The highest BCUT2D eigenvalue weighted by Crippen LogP contribution is 2.50. The molecule has 2 rings (SSSR count). The second kappa shape index (κ2) is 6.39. The summed E-state index contributed by atoms with van der Waals surface area (Å²) in [7, 11) is -3.32. The first-order valence-electron chi connectivity index (χ1n) is 9.14. The number of Topliss-reactive ketones (excluding diaryl/α,β-unsaturated/α-hetero) is 1. The van der Waals surface area contributed by atoms with Crippen molar-refractivity contribution in [1.29, 1.82) is 0 Å². The van der Waals surface area contributed by atoms with Gasteiger partial charge in [0.25, 0.3) is 0 Å². The third-order valence-electron chi connectivity index (χ3n) is 6.08. The van der Waals surface area contributed by atoms with Crippen molar-refractivity contribution in [3.05, 3.63) is 0 Å². The summed E-state index contributed by atoms with van der Waals surface area (Å²) in [5, 5.41) is 0.227. The van der Waals surface area contributed by atoms with Crippen molar-refractivity contribution >= 4 is 22.4 Å². The van der Waals surface area contributed by atoms with Crippen LogP contribution in [-0.2, 0) is 13.6 Å². The summed E-state index contributed by atoms with van der Waals surface area (Å²) in [6.07, 6.45) is 2.87. The summed E-state index contributed by atoms with van der Waals surface area (Å²) in [5.41, 5.74) is 0. The summed E-state index contributed by atoms with van der Waals surface area (Å²) < 4.78 is 13.0. The maximum atomic E-state index is 11.9. The quantitative estimate of drug-likeness (QED) is 0.661. The monoisotopic (exact) mass is 356 g/mol. The van der Waals surface area contributed by atoms with E-state index < -0.39 is 16.6 Å². The lowest BCUT2D eigenvalue weighted by Gasteiger charge is -2.40. The van der Waals surface area contributed by atoms with E-state index in [1.807, 2.05) is 0 Å². The van der Waals surface area contributed by atoms with Crippen LogP contribution in [0.4, 0.5) is 0 Å². The fourth-order valence-corrected chi connectivity index (χ4v) is 5.81. The third kappa shape index (κ3) is 4.56. The second-order valence-electron chi connectivity index (χ2n) is 10.1. The standard InChI is InChI=1S/C18H36O3Si2/c1-18(2,3)23(7,8)21-17-10-13-9-14(19)11-15(13)16(17)12-20-22(4,5)6/h13,15-17H,9-12H2,1-8H3/t13-,15-,16+,17+/m0/s1. The van der Waals surface area contributed by atoms with E-state index in [0.29, 0.717) is 23.5 Å².